The molecule has 1 aliphatic heterocycles. The lowest BCUT2D eigenvalue weighted by atomic mass is 9.98. The molecule has 1 amide bonds. The molecule has 120 valence electrons. The number of fused-ring (bicyclic) bond motifs is 1. The minimum absolute atomic E-state index is 0.0507. The smallest absolute Gasteiger partial charge is 0.338 e. The van der Waals surface area contributed by atoms with E-state index in [4.69, 9.17) is 5.73 Å². The van der Waals surface area contributed by atoms with Crippen molar-refractivity contribution in [1.82, 2.24) is 4.90 Å². The number of benzene rings is 1. The Balaban J connectivity index is 1.87. The molecule has 2 aliphatic rings. The highest BCUT2D eigenvalue weighted by Crippen LogP contribution is 2.39. The molecule has 0 aromatic heterocycles. The first kappa shape index (κ1) is 15.8. The molecular formula is C15H16BrF3N2O. The van der Waals surface area contributed by atoms with Crippen LogP contribution in [-0.4, -0.2) is 29.9 Å². The van der Waals surface area contributed by atoms with Gasteiger partial charge >= 0.3 is 6.18 Å². The summed E-state index contributed by atoms with van der Waals surface area (Å²) in [6, 6.07) is 3.71. The Morgan fingerprint density at radius 1 is 1.27 bits per heavy atom. The van der Waals surface area contributed by atoms with Gasteiger partial charge in [-0.2, -0.15) is 13.2 Å². The lowest BCUT2D eigenvalue weighted by Gasteiger charge is -2.21. The zero-order chi connectivity index (χ0) is 16.1. The van der Waals surface area contributed by atoms with Crippen molar-refractivity contribution in [1.29, 1.82) is 0 Å². The summed E-state index contributed by atoms with van der Waals surface area (Å²) in [7, 11) is 0. The quantitative estimate of drug-likeness (QED) is 0.817. The highest BCUT2D eigenvalue weighted by atomic mass is 79.9. The number of halogens is 4. The number of amides is 1. The first-order valence-corrected chi connectivity index (χ1v) is 7.98. The summed E-state index contributed by atoms with van der Waals surface area (Å²) in [6.45, 7) is 0.961. The third-order valence-corrected chi connectivity index (χ3v) is 5.21. The summed E-state index contributed by atoms with van der Waals surface area (Å²) >= 11 is 3.03. The van der Waals surface area contributed by atoms with Crippen LogP contribution in [0.2, 0.25) is 0 Å². The van der Waals surface area contributed by atoms with E-state index < -0.39 is 17.6 Å². The molecule has 0 spiro atoms. The molecule has 3 atom stereocenters. The molecule has 0 radical (unpaired) electrons. The van der Waals surface area contributed by atoms with Crippen molar-refractivity contribution in [3.63, 3.8) is 0 Å². The monoisotopic (exact) mass is 376 g/mol. The van der Waals surface area contributed by atoms with Gasteiger partial charge in [0.05, 0.1) is 11.1 Å². The largest absolute Gasteiger partial charge is 0.417 e. The molecule has 1 aliphatic carbocycles. The Morgan fingerprint density at radius 2 is 2.00 bits per heavy atom. The summed E-state index contributed by atoms with van der Waals surface area (Å²) in [5, 5.41) is 0. The van der Waals surface area contributed by atoms with Crippen LogP contribution in [0, 0.1) is 11.8 Å². The van der Waals surface area contributed by atoms with E-state index >= 15 is 0 Å². The number of nitrogens with zero attached hydrogens (tertiary/aromatic N) is 1. The van der Waals surface area contributed by atoms with Crippen LogP contribution >= 0.6 is 15.9 Å². The molecule has 1 aromatic carbocycles. The first-order valence-electron chi connectivity index (χ1n) is 7.19. The number of rotatable bonds is 1. The van der Waals surface area contributed by atoms with E-state index in [1.54, 1.807) is 0 Å². The van der Waals surface area contributed by atoms with E-state index in [-0.39, 0.29) is 17.5 Å². The Hall–Kier alpha value is -1.08. The molecule has 1 heterocycles. The molecule has 3 nitrogen and oxygen atoms in total. The number of alkyl halides is 3. The number of carbonyl (C=O) groups is 1. The summed E-state index contributed by atoms with van der Waals surface area (Å²) < 4.78 is 39.8. The summed E-state index contributed by atoms with van der Waals surface area (Å²) in [4.78, 5) is 14.1. The average Bonchev–Trinajstić information content (AvgIpc) is 3.00. The minimum Gasteiger partial charge on any atom is -0.338 e. The topological polar surface area (TPSA) is 46.3 Å². The number of hydrogen-bond donors (Lipinski definition) is 1. The van der Waals surface area contributed by atoms with Crippen molar-refractivity contribution in [2.45, 2.75) is 25.1 Å². The maximum absolute atomic E-state index is 13.2. The van der Waals surface area contributed by atoms with Crippen molar-refractivity contribution < 1.29 is 18.0 Å². The van der Waals surface area contributed by atoms with Crippen molar-refractivity contribution in [3.8, 4) is 0 Å². The van der Waals surface area contributed by atoms with Crippen molar-refractivity contribution in [2.24, 2.45) is 17.6 Å². The molecule has 1 saturated carbocycles. The summed E-state index contributed by atoms with van der Waals surface area (Å²) in [6.07, 6.45) is -2.67. The van der Waals surface area contributed by atoms with Crippen LogP contribution < -0.4 is 5.73 Å². The lowest BCUT2D eigenvalue weighted by molar-refractivity contribution is -0.138. The molecule has 22 heavy (non-hydrogen) atoms. The molecule has 1 saturated heterocycles. The maximum atomic E-state index is 13.2. The van der Waals surface area contributed by atoms with Crippen molar-refractivity contribution in [3.05, 3.63) is 33.8 Å². The Morgan fingerprint density at radius 3 is 2.64 bits per heavy atom. The second kappa shape index (κ2) is 5.53. The van der Waals surface area contributed by atoms with Gasteiger partial charge in [0, 0.05) is 23.6 Å². The van der Waals surface area contributed by atoms with Crippen LogP contribution in [0.15, 0.2) is 22.7 Å². The lowest BCUT2D eigenvalue weighted by Crippen LogP contribution is -2.34. The van der Waals surface area contributed by atoms with Crippen LogP contribution in [0.4, 0.5) is 13.2 Å². The van der Waals surface area contributed by atoms with Crippen molar-refractivity contribution in [2.75, 3.05) is 13.1 Å². The van der Waals surface area contributed by atoms with Crippen LogP contribution in [0.5, 0.6) is 0 Å². The molecule has 2 fully saturated rings. The van der Waals surface area contributed by atoms with E-state index in [1.165, 1.54) is 17.0 Å². The third kappa shape index (κ3) is 2.76. The fourth-order valence-electron chi connectivity index (χ4n) is 3.58. The van der Waals surface area contributed by atoms with Crippen LogP contribution in [0.1, 0.15) is 28.8 Å². The molecular weight excluding hydrogens is 361 g/mol. The molecule has 2 N–H and O–H groups in total. The first-order chi connectivity index (χ1) is 10.3. The Bertz CT molecular complexity index is 605. The van der Waals surface area contributed by atoms with Crippen molar-refractivity contribution >= 4 is 21.8 Å². The van der Waals surface area contributed by atoms with E-state index in [0.29, 0.717) is 23.5 Å². The maximum Gasteiger partial charge on any atom is 0.417 e. The van der Waals surface area contributed by atoms with Crippen LogP contribution in [-0.2, 0) is 6.18 Å². The number of carbonyl (C=O) groups excluding carboxylic acids is 1. The van der Waals surface area contributed by atoms with Gasteiger partial charge in [0.15, 0.2) is 0 Å². The van der Waals surface area contributed by atoms with Gasteiger partial charge in [0.1, 0.15) is 0 Å². The minimum atomic E-state index is -4.55. The number of hydrogen-bond acceptors (Lipinski definition) is 2. The highest BCUT2D eigenvalue weighted by molar-refractivity contribution is 9.10. The molecule has 3 rings (SSSR count). The van der Waals surface area contributed by atoms with Gasteiger partial charge in [0.2, 0.25) is 0 Å². The highest BCUT2D eigenvalue weighted by Gasteiger charge is 2.44. The van der Waals surface area contributed by atoms with E-state index in [2.05, 4.69) is 15.9 Å². The van der Waals surface area contributed by atoms with Crippen LogP contribution in [0.3, 0.4) is 0 Å². The zero-order valence-corrected chi connectivity index (χ0v) is 13.3. The summed E-state index contributed by atoms with van der Waals surface area (Å²) in [5.41, 5.74) is 4.83. The molecule has 0 bridgehead atoms. The van der Waals surface area contributed by atoms with Gasteiger partial charge in [-0.15, -0.1) is 0 Å². The predicted molar refractivity (Wildman–Crippen MR) is 79.2 cm³/mol. The number of nitrogens with two attached hydrogens (primary N) is 1. The van der Waals surface area contributed by atoms with Gasteiger partial charge in [-0.3, -0.25) is 4.79 Å². The second-order valence-corrected chi connectivity index (χ2v) is 6.98. The van der Waals surface area contributed by atoms with E-state index in [1.807, 2.05) is 0 Å². The molecule has 7 heteroatoms. The zero-order valence-electron chi connectivity index (χ0n) is 11.7. The normalized spacial score (nSPS) is 28.0. The number of likely N-dealkylation sites (tertiary alicyclic amines) is 1. The van der Waals surface area contributed by atoms with Gasteiger partial charge < -0.3 is 10.6 Å². The summed E-state index contributed by atoms with van der Waals surface area (Å²) in [5.74, 6) is -0.0149. The molecule has 1 aromatic rings. The average molecular weight is 377 g/mol. The van der Waals surface area contributed by atoms with Gasteiger partial charge in [-0.1, -0.05) is 15.9 Å². The standard InChI is InChI=1S/C15H16BrF3N2O/c16-9-2-3-10(12(5-9)15(17,18)19)14(22)21-6-8-1-4-13(20)11(8)7-21/h2-3,5,8,11,13H,1,4,6-7,20H2. The fourth-order valence-corrected chi connectivity index (χ4v) is 3.94. The Labute approximate surface area is 134 Å². The second-order valence-electron chi connectivity index (χ2n) is 6.06. The SMILES string of the molecule is NC1CCC2CN(C(=O)c3ccc(Br)cc3C(F)(F)F)CC12. The van der Waals surface area contributed by atoms with Crippen LogP contribution in [0.25, 0.3) is 0 Å². The van der Waals surface area contributed by atoms with E-state index in [9.17, 15) is 18.0 Å². The van der Waals surface area contributed by atoms with Gasteiger partial charge in [-0.05, 0) is 42.9 Å². The fraction of sp³-hybridized carbons (Fsp3) is 0.533. The predicted octanol–water partition coefficient (Wildman–Crippen LogP) is 3.28. The van der Waals surface area contributed by atoms with Gasteiger partial charge in [0.25, 0.3) is 5.91 Å². The van der Waals surface area contributed by atoms with E-state index in [0.717, 1.165) is 18.9 Å². The molecule has 3 unspecified atom stereocenters. The Kier molecular flexibility index (Phi) is 3.97. The third-order valence-electron chi connectivity index (χ3n) is 4.72. The van der Waals surface area contributed by atoms with Gasteiger partial charge in [-0.25, -0.2) is 0 Å².